The Morgan fingerprint density at radius 2 is 2.15 bits per heavy atom. The van der Waals surface area contributed by atoms with Crippen LogP contribution in [-0.2, 0) is 23.4 Å². The smallest absolute Gasteiger partial charge is 0.274 e. The standard InChI is InChI=1S/C18H20N2O6S/c1-25-17-8-12(2-3-14(17)11-27(23)24)10-20-6-7-26-16-5-4-13(9-15(16)20)18(21)19-22/h2-5,8-9,22H,6-7,10-11H2,1H3,(H,19,21)(H,23,24). The summed E-state index contributed by atoms with van der Waals surface area (Å²) in [7, 11) is 1.52. The summed E-state index contributed by atoms with van der Waals surface area (Å²) in [6.07, 6.45) is 0. The number of nitrogens with one attached hydrogen (secondary N) is 1. The van der Waals surface area contributed by atoms with Gasteiger partial charge in [0, 0.05) is 17.7 Å². The van der Waals surface area contributed by atoms with Crippen molar-refractivity contribution in [2.45, 2.75) is 12.3 Å². The third kappa shape index (κ3) is 4.38. The average molecular weight is 392 g/mol. The number of anilines is 1. The number of hydroxylamine groups is 1. The van der Waals surface area contributed by atoms with E-state index in [1.54, 1.807) is 29.7 Å². The van der Waals surface area contributed by atoms with Crippen molar-refractivity contribution >= 4 is 22.7 Å². The first-order valence-corrected chi connectivity index (χ1v) is 9.49. The van der Waals surface area contributed by atoms with Crippen LogP contribution >= 0.6 is 0 Å². The van der Waals surface area contributed by atoms with Gasteiger partial charge in [-0.15, -0.1) is 0 Å². The van der Waals surface area contributed by atoms with Crippen molar-refractivity contribution in [2.75, 3.05) is 25.2 Å². The molecule has 0 spiro atoms. The molecule has 0 saturated heterocycles. The lowest BCUT2D eigenvalue weighted by Crippen LogP contribution is -2.32. The van der Waals surface area contributed by atoms with Crippen LogP contribution in [-0.4, -0.2) is 40.1 Å². The maximum atomic E-state index is 11.7. The lowest BCUT2D eigenvalue weighted by atomic mass is 10.1. The van der Waals surface area contributed by atoms with E-state index in [1.807, 2.05) is 12.1 Å². The van der Waals surface area contributed by atoms with Gasteiger partial charge in [-0.2, -0.15) is 0 Å². The van der Waals surface area contributed by atoms with Crippen LogP contribution < -0.4 is 19.9 Å². The van der Waals surface area contributed by atoms with Crippen LogP contribution in [0.1, 0.15) is 21.5 Å². The first kappa shape index (κ1) is 19.2. The molecule has 144 valence electrons. The molecule has 2 aromatic rings. The zero-order valence-corrected chi connectivity index (χ0v) is 15.5. The molecular formula is C18H20N2O6S. The normalized spacial score (nSPS) is 14.1. The fourth-order valence-corrected chi connectivity index (χ4v) is 3.51. The van der Waals surface area contributed by atoms with Crippen molar-refractivity contribution in [1.82, 2.24) is 5.48 Å². The van der Waals surface area contributed by atoms with Gasteiger partial charge in [0.2, 0.25) is 0 Å². The minimum Gasteiger partial charge on any atom is -0.496 e. The number of carbonyl (C=O) groups excluding carboxylic acids is 1. The highest BCUT2D eigenvalue weighted by molar-refractivity contribution is 7.78. The fourth-order valence-electron chi connectivity index (χ4n) is 3.00. The lowest BCUT2D eigenvalue weighted by molar-refractivity contribution is 0.0706. The van der Waals surface area contributed by atoms with Crippen LogP contribution in [0.4, 0.5) is 5.69 Å². The molecule has 1 aliphatic rings. The molecule has 9 heteroatoms. The van der Waals surface area contributed by atoms with Gasteiger partial charge in [-0.1, -0.05) is 12.1 Å². The van der Waals surface area contributed by atoms with Gasteiger partial charge >= 0.3 is 0 Å². The maximum Gasteiger partial charge on any atom is 0.274 e. The zero-order valence-electron chi connectivity index (χ0n) is 14.7. The van der Waals surface area contributed by atoms with Crippen molar-refractivity contribution in [1.29, 1.82) is 0 Å². The SMILES string of the molecule is COc1cc(CN2CCOc3ccc(C(=O)NO)cc32)ccc1CS(=O)O. The van der Waals surface area contributed by atoms with E-state index < -0.39 is 17.0 Å². The number of hydrogen-bond acceptors (Lipinski definition) is 6. The maximum absolute atomic E-state index is 11.7. The molecule has 1 aliphatic heterocycles. The second-order valence-corrected chi connectivity index (χ2v) is 6.94. The quantitative estimate of drug-likeness (QED) is 0.392. The highest BCUT2D eigenvalue weighted by atomic mass is 32.2. The third-order valence-corrected chi connectivity index (χ3v) is 4.84. The molecule has 0 aliphatic carbocycles. The van der Waals surface area contributed by atoms with Gasteiger partial charge in [0.15, 0.2) is 11.1 Å². The highest BCUT2D eigenvalue weighted by Crippen LogP contribution is 2.34. The van der Waals surface area contributed by atoms with Crippen LogP contribution in [0.3, 0.4) is 0 Å². The van der Waals surface area contributed by atoms with E-state index in [1.165, 1.54) is 7.11 Å². The largest absolute Gasteiger partial charge is 0.496 e. The van der Waals surface area contributed by atoms with Crippen molar-refractivity contribution in [2.24, 2.45) is 0 Å². The summed E-state index contributed by atoms with van der Waals surface area (Å²) in [6, 6.07) is 10.4. The predicted molar refractivity (Wildman–Crippen MR) is 99.7 cm³/mol. The Morgan fingerprint density at radius 3 is 2.85 bits per heavy atom. The fraction of sp³-hybridized carbons (Fsp3) is 0.278. The van der Waals surface area contributed by atoms with E-state index in [0.29, 0.717) is 42.3 Å². The summed E-state index contributed by atoms with van der Waals surface area (Å²) < 4.78 is 31.2. The van der Waals surface area contributed by atoms with Crippen LogP contribution in [0.15, 0.2) is 36.4 Å². The summed E-state index contributed by atoms with van der Waals surface area (Å²) in [5.41, 5.74) is 4.31. The van der Waals surface area contributed by atoms with Gasteiger partial charge in [0.25, 0.3) is 5.91 Å². The molecule has 8 nitrogen and oxygen atoms in total. The van der Waals surface area contributed by atoms with Crippen molar-refractivity contribution in [3.63, 3.8) is 0 Å². The minimum atomic E-state index is -1.94. The van der Waals surface area contributed by atoms with E-state index in [0.717, 1.165) is 11.3 Å². The molecule has 0 bridgehead atoms. The summed E-state index contributed by atoms with van der Waals surface area (Å²) in [5, 5.41) is 8.84. The molecule has 0 radical (unpaired) electrons. The van der Waals surface area contributed by atoms with Crippen LogP contribution in [0, 0.1) is 0 Å². The van der Waals surface area contributed by atoms with Crippen molar-refractivity contribution in [3.05, 3.63) is 53.1 Å². The molecule has 1 atom stereocenters. The van der Waals surface area contributed by atoms with Gasteiger partial charge < -0.3 is 18.9 Å². The Bertz CT molecular complexity index is 873. The van der Waals surface area contributed by atoms with Gasteiger partial charge in [-0.25, -0.2) is 9.69 Å². The lowest BCUT2D eigenvalue weighted by Gasteiger charge is -2.31. The molecule has 1 heterocycles. The minimum absolute atomic E-state index is 0.00344. The number of fused-ring (bicyclic) bond motifs is 1. The second kappa shape index (κ2) is 8.38. The number of hydrogen-bond donors (Lipinski definition) is 3. The van der Waals surface area contributed by atoms with E-state index >= 15 is 0 Å². The molecule has 1 unspecified atom stereocenters. The van der Waals surface area contributed by atoms with Crippen molar-refractivity contribution < 1.29 is 28.2 Å². The van der Waals surface area contributed by atoms with Gasteiger partial charge in [-0.05, 0) is 29.8 Å². The predicted octanol–water partition coefficient (Wildman–Crippen LogP) is 1.93. The number of rotatable bonds is 6. The summed E-state index contributed by atoms with van der Waals surface area (Å²) in [5.74, 6) is 0.627. The summed E-state index contributed by atoms with van der Waals surface area (Å²) >= 11 is -1.94. The molecule has 0 aromatic heterocycles. The Morgan fingerprint density at radius 1 is 1.33 bits per heavy atom. The number of ether oxygens (including phenoxy) is 2. The third-order valence-electron chi connectivity index (χ3n) is 4.29. The molecule has 0 fully saturated rings. The number of methoxy groups -OCH3 is 1. The van der Waals surface area contributed by atoms with Gasteiger partial charge in [0.05, 0.1) is 25.1 Å². The van der Waals surface area contributed by atoms with Crippen LogP contribution in [0.25, 0.3) is 0 Å². The molecule has 3 N–H and O–H groups in total. The Labute approximate surface area is 158 Å². The van der Waals surface area contributed by atoms with E-state index in [-0.39, 0.29) is 5.75 Å². The van der Waals surface area contributed by atoms with E-state index in [4.69, 9.17) is 19.2 Å². The highest BCUT2D eigenvalue weighted by Gasteiger charge is 2.21. The number of nitrogens with zero attached hydrogens (tertiary/aromatic N) is 1. The zero-order chi connectivity index (χ0) is 19.4. The molecule has 0 saturated carbocycles. The topological polar surface area (TPSA) is 108 Å². The van der Waals surface area contributed by atoms with E-state index in [9.17, 15) is 9.00 Å². The Balaban J connectivity index is 1.87. The first-order chi connectivity index (χ1) is 13.0. The Kier molecular flexibility index (Phi) is 5.94. The van der Waals surface area contributed by atoms with Gasteiger partial charge in [0.1, 0.15) is 18.1 Å². The molecule has 3 rings (SSSR count). The summed E-state index contributed by atoms with van der Waals surface area (Å²) in [6.45, 7) is 1.68. The van der Waals surface area contributed by atoms with Crippen LogP contribution in [0.2, 0.25) is 0 Å². The molecule has 2 aromatic carbocycles. The monoisotopic (exact) mass is 392 g/mol. The van der Waals surface area contributed by atoms with Crippen LogP contribution in [0.5, 0.6) is 11.5 Å². The summed E-state index contributed by atoms with van der Waals surface area (Å²) in [4.78, 5) is 13.8. The first-order valence-electron chi connectivity index (χ1n) is 8.21. The van der Waals surface area contributed by atoms with Gasteiger partial charge in [-0.3, -0.25) is 10.0 Å². The number of carbonyl (C=O) groups is 1. The number of benzene rings is 2. The molecular weight excluding hydrogens is 372 g/mol. The van der Waals surface area contributed by atoms with E-state index in [2.05, 4.69) is 4.90 Å². The van der Waals surface area contributed by atoms with Crippen molar-refractivity contribution in [3.8, 4) is 11.5 Å². The number of amides is 1. The molecule has 1 amide bonds. The molecule has 27 heavy (non-hydrogen) atoms. The Hall–Kier alpha value is -2.62. The second-order valence-electron chi connectivity index (χ2n) is 6.01. The average Bonchev–Trinajstić information content (AvgIpc) is 2.68.